The highest BCUT2D eigenvalue weighted by molar-refractivity contribution is 5.89. The monoisotopic (exact) mass is 458 g/mol. The molecule has 3 heterocycles. The van der Waals surface area contributed by atoms with Crippen LogP contribution < -0.4 is 5.32 Å². The second-order valence-corrected chi connectivity index (χ2v) is 8.73. The van der Waals surface area contributed by atoms with Crippen LogP contribution in [0.4, 0.5) is 14.9 Å². The van der Waals surface area contributed by atoms with Gasteiger partial charge in [-0.2, -0.15) is 0 Å². The smallest absolute Gasteiger partial charge is 0.322 e. The van der Waals surface area contributed by atoms with Crippen LogP contribution in [0.2, 0.25) is 0 Å². The molecule has 1 saturated heterocycles. The molecule has 0 saturated carbocycles. The molecule has 174 valence electrons. The van der Waals surface area contributed by atoms with Crippen LogP contribution in [0.5, 0.6) is 0 Å². The molecule has 2 amide bonds. The van der Waals surface area contributed by atoms with Crippen molar-refractivity contribution >= 4 is 22.9 Å². The van der Waals surface area contributed by atoms with E-state index in [9.17, 15) is 9.18 Å². The summed E-state index contributed by atoms with van der Waals surface area (Å²) in [5.74, 6) is 0.483. The van der Waals surface area contributed by atoms with E-state index in [1.54, 1.807) is 29.3 Å². The van der Waals surface area contributed by atoms with Crippen molar-refractivity contribution in [2.24, 2.45) is 0 Å². The Labute approximate surface area is 197 Å². The van der Waals surface area contributed by atoms with E-state index in [0.29, 0.717) is 32.7 Å². The predicted molar refractivity (Wildman–Crippen MR) is 131 cm³/mol. The molecule has 7 nitrogen and oxygen atoms in total. The van der Waals surface area contributed by atoms with Crippen LogP contribution in [0.1, 0.15) is 17.0 Å². The number of aryl methyl sites for hydroxylation is 2. The van der Waals surface area contributed by atoms with Crippen molar-refractivity contribution in [2.75, 3.05) is 31.5 Å². The van der Waals surface area contributed by atoms with Crippen molar-refractivity contribution in [3.63, 3.8) is 0 Å². The summed E-state index contributed by atoms with van der Waals surface area (Å²) in [5.41, 5.74) is 5.33. The maximum atomic E-state index is 13.9. The van der Waals surface area contributed by atoms with Crippen molar-refractivity contribution in [1.82, 2.24) is 24.3 Å². The summed E-state index contributed by atoms with van der Waals surface area (Å²) in [7, 11) is 0. The van der Waals surface area contributed by atoms with E-state index >= 15 is 0 Å². The number of rotatable bonds is 4. The molecule has 1 aliphatic rings. The molecule has 1 fully saturated rings. The van der Waals surface area contributed by atoms with E-state index in [2.05, 4.69) is 51.8 Å². The Hall–Kier alpha value is -3.78. The van der Waals surface area contributed by atoms with E-state index in [1.807, 2.05) is 12.1 Å². The number of piperazine rings is 1. The van der Waals surface area contributed by atoms with Gasteiger partial charge in [0.2, 0.25) is 0 Å². The zero-order valence-electron chi connectivity index (χ0n) is 19.3. The molecule has 34 heavy (non-hydrogen) atoms. The van der Waals surface area contributed by atoms with Gasteiger partial charge in [0.25, 0.3) is 0 Å². The average Bonchev–Trinajstić information content (AvgIpc) is 3.18. The fourth-order valence-corrected chi connectivity index (χ4v) is 4.48. The molecular weight excluding hydrogens is 431 g/mol. The number of hydrogen-bond acceptors (Lipinski definition) is 4. The molecule has 0 radical (unpaired) electrons. The fourth-order valence-electron chi connectivity index (χ4n) is 4.48. The van der Waals surface area contributed by atoms with Crippen molar-refractivity contribution in [3.05, 3.63) is 83.6 Å². The number of carbonyl (C=O) groups is 1. The molecule has 0 aliphatic carbocycles. The molecule has 1 N–H and O–H groups in total. The summed E-state index contributed by atoms with van der Waals surface area (Å²) >= 11 is 0. The highest BCUT2D eigenvalue weighted by atomic mass is 19.1. The van der Waals surface area contributed by atoms with Gasteiger partial charge in [0.1, 0.15) is 17.2 Å². The van der Waals surface area contributed by atoms with Gasteiger partial charge in [0.05, 0.1) is 12.2 Å². The van der Waals surface area contributed by atoms with Crippen molar-refractivity contribution in [1.29, 1.82) is 0 Å². The summed E-state index contributed by atoms with van der Waals surface area (Å²) in [4.78, 5) is 26.1. The first-order chi connectivity index (χ1) is 16.5. The van der Waals surface area contributed by atoms with Crippen LogP contribution in [0, 0.1) is 19.7 Å². The van der Waals surface area contributed by atoms with Crippen molar-refractivity contribution in [3.8, 4) is 5.69 Å². The lowest BCUT2D eigenvalue weighted by atomic mass is 10.1. The number of carbonyl (C=O) groups excluding carboxylic acids is 1. The summed E-state index contributed by atoms with van der Waals surface area (Å²) in [6.45, 7) is 7.35. The number of halogens is 1. The Morgan fingerprint density at radius 3 is 2.47 bits per heavy atom. The summed E-state index contributed by atoms with van der Waals surface area (Å²) in [6.07, 6.45) is 1.79. The van der Waals surface area contributed by atoms with E-state index in [1.165, 1.54) is 17.2 Å². The number of hydrogen-bond donors (Lipinski definition) is 1. The molecule has 0 spiro atoms. The number of pyridine rings is 1. The molecule has 1 aliphatic heterocycles. The standard InChI is InChI=1S/C26H27FN6O/c1-18-14-19(2)16-20(15-18)33-24(29-23-8-5-9-28-25(23)33)17-31-10-12-32(13-11-31)26(34)30-22-7-4-3-6-21(22)27/h3-9,14-16H,10-13,17H2,1-2H3,(H,30,34). The molecule has 0 bridgehead atoms. The van der Waals surface area contributed by atoms with E-state index in [0.717, 1.165) is 22.7 Å². The van der Waals surface area contributed by atoms with Crippen LogP contribution in [0.3, 0.4) is 0 Å². The topological polar surface area (TPSA) is 66.3 Å². The predicted octanol–water partition coefficient (Wildman–Crippen LogP) is 4.53. The number of anilines is 1. The average molecular weight is 459 g/mol. The first kappa shape index (κ1) is 22.0. The van der Waals surface area contributed by atoms with Gasteiger partial charge in [-0.15, -0.1) is 0 Å². The summed E-state index contributed by atoms with van der Waals surface area (Å²) in [5, 5.41) is 2.67. The Morgan fingerprint density at radius 1 is 1.00 bits per heavy atom. The minimum absolute atomic E-state index is 0.199. The molecule has 4 aromatic rings. The van der Waals surface area contributed by atoms with Crippen LogP contribution in [-0.2, 0) is 6.54 Å². The molecule has 0 unspecified atom stereocenters. The number of urea groups is 1. The van der Waals surface area contributed by atoms with Gasteiger partial charge in [0, 0.05) is 38.1 Å². The number of aromatic nitrogens is 3. The number of para-hydroxylation sites is 1. The van der Waals surface area contributed by atoms with Crippen LogP contribution in [-0.4, -0.2) is 56.5 Å². The highest BCUT2D eigenvalue weighted by Crippen LogP contribution is 2.23. The second-order valence-electron chi connectivity index (χ2n) is 8.73. The van der Waals surface area contributed by atoms with Crippen LogP contribution in [0.15, 0.2) is 60.8 Å². The normalized spacial score (nSPS) is 14.5. The zero-order chi connectivity index (χ0) is 23.7. The lowest BCUT2D eigenvalue weighted by molar-refractivity contribution is 0.140. The molecule has 8 heteroatoms. The minimum Gasteiger partial charge on any atom is -0.322 e. The number of fused-ring (bicyclic) bond motifs is 1. The zero-order valence-corrected chi connectivity index (χ0v) is 19.3. The van der Waals surface area contributed by atoms with Crippen molar-refractivity contribution in [2.45, 2.75) is 20.4 Å². The molecule has 2 aromatic heterocycles. The number of nitrogens with zero attached hydrogens (tertiary/aromatic N) is 5. The molecular formula is C26H27FN6O. The minimum atomic E-state index is -0.437. The Balaban J connectivity index is 1.32. The number of nitrogens with one attached hydrogen (secondary N) is 1. The maximum Gasteiger partial charge on any atom is 0.322 e. The fraction of sp³-hybridized carbons (Fsp3) is 0.269. The SMILES string of the molecule is Cc1cc(C)cc(-n2c(CN3CCN(C(=O)Nc4ccccc4F)CC3)nc3cccnc32)c1. The summed E-state index contributed by atoms with van der Waals surface area (Å²) in [6, 6.07) is 16.3. The van der Waals surface area contributed by atoms with Gasteiger partial charge in [-0.05, 0) is 61.4 Å². The van der Waals surface area contributed by atoms with E-state index < -0.39 is 5.82 Å². The molecule has 2 aromatic carbocycles. The van der Waals surface area contributed by atoms with Gasteiger partial charge in [0.15, 0.2) is 5.65 Å². The van der Waals surface area contributed by atoms with Crippen LogP contribution >= 0.6 is 0 Å². The van der Waals surface area contributed by atoms with E-state index in [4.69, 9.17) is 4.98 Å². The number of benzene rings is 2. The maximum absolute atomic E-state index is 13.9. The van der Waals surface area contributed by atoms with Gasteiger partial charge < -0.3 is 10.2 Å². The second kappa shape index (κ2) is 9.23. The number of imidazole rings is 1. The quantitative estimate of drug-likeness (QED) is 0.488. The van der Waals surface area contributed by atoms with E-state index in [-0.39, 0.29) is 11.7 Å². The molecule has 5 rings (SSSR count). The van der Waals surface area contributed by atoms with Crippen molar-refractivity contribution < 1.29 is 9.18 Å². The third-order valence-electron chi connectivity index (χ3n) is 6.09. The lowest BCUT2D eigenvalue weighted by Crippen LogP contribution is -2.49. The molecule has 0 atom stereocenters. The lowest BCUT2D eigenvalue weighted by Gasteiger charge is -2.34. The first-order valence-corrected chi connectivity index (χ1v) is 11.4. The Kier molecular flexibility index (Phi) is 5.98. The Morgan fingerprint density at radius 2 is 1.74 bits per heavy atom. The van der Waals surface area contributed by atoms with Crippen LogP contribution in [0.25, 0.3) is 16.9 Å². The third kappa shape index (κ3) is 4.49. The third-order valence-corrected chi connectivity index (χ3v) is 6.09. The van der Waals surface area contributed by atoms with Gasteiger partial charge in [-0.3, -0.25) is 9.47 Å². The number of amides is 2. The van der Waals surface area contributed by atoms with Gasteiger partial charge in [-0.1, -0.05) is 18.2 Å². The summed E-state index contributed by atoms with van der Waals surface area (Å²) < 4.78 is 16.0. The first-order valence-electron chi connectivity index (χ1n) is 11.4. The highest BCUT2D eigenvalue weighted by Gasteiger charge is 2.24. The Bertz CT molecular complexity index is 1320. The van der Waals surface area contributed by atoms with Gasteiger partial charge in [-0.25, -0.2) is 19.2 Å². The van der Waals surface area contributed by atoms with Gasteiger partial charge >= 0.3 is 6.03 Å². The largest absolute Gasteiger partial charge is 0.322 e.